The van der Waals surface area contributed by atoms with Crippen LogP contribution in [-0.2, 0) is 9.71 Å². The van der Waals surface area contributed by atoms with Crippen molar-refractivity contribution < 1.29 is 4.21 Å². The zero-order valence-corrected chi connectivity index (χ0v) is 10.5. The van der Waals surface area contributed by atoms with E-state index in [1.165, 1.54) is 5.57 Å². The van der Waals surface area contributed by atoms with E-state index in [1.54, 1.807) is 6.26 Å². The highest BCUT2D eigenvalue weighted by atomic mass is 32.2. The largest absolute Gasteiger partial charge is 0.253 e. The predicted molar refractivity (Wildman–Crippen MR) is 64.9 cm³/mol. The first-order valence-corrected chi connectivity index (χ1v) is 7.07. The van der Waals surface area contributed by atoms with Gasteiger partial charge in [-0.05, 0) is 17.7 Å². The van der Waals surface area contributed by atoms with E-state index in [0.717, 1.165) is 19.5 Å². The van der Waals surface area contributed by atoms with Crippen LogP contribution in [0.3, 0.4) is 0 Å². The Bertz CT molecular complexity index is 333. The molecule has 0 spiro atoms. The molecule has 3 heteroatoms. The van der Waals surface area contributed by atoms with E-state index in [-0.39, 0.29) is 5.41 Å². The lowest BCUT2D eigenvalue weighted by Gasteiger charge is -2.32. The summed E-state index contributed by atoms with van der Waals surface area (Å²) in [5.41, 5.74) is 1.72. The molecule has 0 aromatic rings. The van der Waals surface area contributed by atoms with Crippen molar-refractivity contribution in [3.05, 3.63) is 11.6 Å². The van der Waals surface area contributed by atoms with Gasteiger partial charge in [-0.25, -0.2) is 4.31 Å². The van der Waals surface area contributed by atoms with Crippen LogP contribution in [0.5, 0.6) is 0 Å². The molecule has 0 aliphatic carbocycles. The fourth-order valence-corrected chi connectivity index (χ4v) is 2.55. The zero-order valence-electron chi connectivity index (χ0n) is 9.67. The van der Waals surface area contributed by atoms with Crippen LogP contribution in [0.1, 0.15) is 27.2 Å². The van der Waals surface area contributed by atoms with Crippen molar-refractivity contribution in [1.82, 2.24) is 4.31 Å². The average Bonchev–Trinajstić information content (AvgIpc) is 2.01. The Balaban J connectivity index is 2.75. The van der Waals surface area contributed by atoms with Crippen LogP contribution < -0.4 is 0 Å². The Labute approximate surface area is 88.1 Å². The molecule has 1 atom stereocenters. The fourth-order valence-electron chi connectivity index (χ4n) is 1.68. The maximum Gasteiger partial charge on any atom is 0.0290 e. The molecule has 0 radical (unpaired) electrons. The Morgan fingerprint density at radius 2 is 2.07 bits per heavy atom. The number of hydrogen-bond donors (Lipinski definition) is 0. The lowest BCUT2D eigenvalue weighted by Crippen LogP contribution is -2.35. The molecule has 1 heterocycles. The summed E-state index contributed by atoms with van der Waals surface area (Å²) in [7, 11) is -2.01. The summed E-state index contributed by atoms with van der Waals surface area (Å²) >= 11 is 0. The van der Waals surface area contributed by atoms with Gasteiger partial charge in [0.1, 0.15) is 0 Å². The Kier molecular flexibility index (Phi) is 3.12. The van der Waals surface area contributed by atoms with Gasteiger partial charge in [0.15, 0.2) is 0 Å². The average molecular weight is 215 g/mol. The highest BCUT2D eigenvalue weighted by molar-refractivity contribution is 7.97. The minimum atomic E-state index is -2.01. The SMILES string of the molecule is C=S(C)(=O)N1CC=C(C(C)(C)C)CC1. The second-order valence-electron chi connectivity index (χ2n) is 5.08. The van der Waals surface area contributed by atoms with Gasteiger partial charge in [0.25, 0.3) is 0 Å². The molecule has 0 aromatic carbocycles. The van der Waals surface area contributed by atoms with Crippen molar-refractivity contribution >= 4 is 15.6 Å². The second kappa shape index (κ2) is 3.70. The van der Waals surface area contributed by atoms with Gasteiger partial charge in [0.05, 0.1) is 0 Å². The molecule has 14 heavy (non-hydrogen) atoms. The number of rotatable bonds is 1. The fraction of sp³-hybridized carbons (Fsp3) is 0.727. The molecule has 0 bridgehead atoms. The molecule has 0 aromatic heterocycles. The predicted octanol–water partition coefficient (Wildman–Crippen LogP) is 1.93. The molecule has 0 saturated carbocycles. The van der Waals surface area contributed by atoms with Gasteiger partial charge < -0.3 is 0 Å². The van der Waals surface area contributed by atoms with Crippen LogP contribution in [-0.4, -0.2) is 33.7 Å². The minimum Gasteiger partial charge on any atom is -0.253 e. The van der Waals surface area contributed by atoms with Crippen LogP contribution in [0.2, 0.25) is 0 Å². The third-order valence-electron chi connectivity index (χ3n) is 2.68. The van der Waals surface area contributed by atoms with Crippen LogP contribution >= 0.6 is 0 Å². The Morgan fingerprint density at radius 1 is 1.50 bits per heavy atom. The van der Waals surface area contributed by atoms with E-state index in [9.17, 15) is 4.21 Å². The van der Waals surface area contributed by atoms with E-state index < -0.39 is 9.71 Å². The van der Waals surface area contributed by atoms with E-state index >= 15 is 0 Å². The third kappa shape index (κ3) is 2.85. The van der Waals surface area contributed by atoms with Gasteiger partial charge in [0, 0.05) is 29.1 Å². The summed E-state index contributed by atoms with van der Waals surface area (Å²) in [5.74, 6) is 3.71. The van der Waals surface area contributed by atoms with Gasteiger partial charge in [-0.3, -0.25) is 4.21 Å². The Morgan fingerprint density at radius 3 is 2.36 bits per heavy atom. The molecule has 82 valence electrons. The van der Waals surface area contributed by atoms with Gasteiger partial charge in [-0.1, -0.05) is 32.4 Å². The molecule has 1 aliphatic heterocycles. The van der Waals surface area contributed by atoms with E-state index in [0.29, 0.717) is 0 Å². The zero-order chi connectivity index (χ0) is 11.0. The first kappa shape index (κ1) is 11.8. The van der Waals surface area contributed by atoms with Gasteiger partial charge >= 0.3 is 0 Å². The molecule has 1 rings (SSSR count). The van der Waals surface area contributed by atoms with Crippen LogP contribution in [0, 0.1) is 5.41 Å². The van der Waals surface area contributed by atoms with Crippen molar-refractivity contribution in [2.75, 3.05) is 19.3 Å². The third-order valence-corrected chi connectivity index (χ3v) is 4.11. The topological polar surface area (TPSA) is 20.3 Å². The lowest BCUT2D eigenvalue weighted by molar-refractivity contribution is 0.407. The number of hydrogen-bond acceptors (Lipinski definition) is 1. The minimum absolute atomic E-state index is 0.252. The molecule has 1 unspecified atom stereocenters. The van der Waals surface area contributed by atoms with Gasteiger partial charge in [0.2, 0.25) is 0 Å². The molecule has 1 aliphatic rings. The Hall–Kier alpha value is -0.280. The molecule has 0 amide bonds. The van der Waals surface area contributed by atoms with Crippen molar-refractivity contribution in [2.45, 2.75) is 27.2 Å². The molecular formula is C11H21NOS. The lowest BCUT2D eigenvalue weighted by atomic mass is 9.83. The van der Waals surface area contributed by atoms with Crippen LogP contribution in [0.4, 0.5) is 0 Å². The first-order valence-electron chi connectivity index (χ1n) is 4.98. The standard InChI is InChI=1S/C11H21NOS/c1-11(2,3)10-6-8-12(9-7-10)14(4,5)13/h6H,4,7-9H2,1-3,5H3. The van der Waals surface area contributed by atoms with E-state index in [1.807, 2.05) is 4.31 Å². The summed E-state index contributed by atoms with van der Waals surface area (Å²) < 4.78 is 13.6. The number of nitrogens with zero attached hydrogens (tertiary/aromatic N) is 1. The monoisotopic (exact) mass is 215 g/mol. The maximum absolute atomic E-state index is 11.7. The summed E-state index contributed by atoms with van der Waals surface area (Å²) in [4.78, 5) is 0. The summed E-state index contributed by atoms with van der Waals surface area (Å²) in [5, 5.41) is 0. The highest BCUT2D eigenvalue weighted by Crippen LogP contribution is 2.30. The summed E-state index contributed by atoms with van der Waals surface area (Å²) in [6.45, 7) is 8.33. The smallest absolute Gasteiger partial charge is 0.0290 e. The molecule has 0 fully saturated rings. The quantitative estimate of drug-likeness (QED) is 0.483. The second-order valence-corrected chi connectivity index (χ2v) is 7.51. The highest BCUT2D eigenvalue weighted by Gasteiger charge is 2.22. The van der Waals surface area contributed by atoms with Gasteiger partial charge in [-0.15, -0.1) is 0 Å². The summed E-state index contributed by atoms with van der Waals surface area (Å²) in [6, 6.07) is 0. The van der Waals surface area contributed by atoms with Crippen LogP contribution in [0.25, 0.3) is 0 Å². The van der Waals surface area contributed by atoms with E-state index in [2.05, 4.69) is 32.7 Å². The van der Waals surface area contributed by atoms with Gasteiger partial charge in [-0.2, -0.15) is 0 Å². The van der Waals surface area contributed by atoms with Crippen molar-refractivity contribution in [3.63, 3.8) is 0 Å². The van der Waals surface area contributed by atoms with E-state index in [4.69, 9.17) is 0 Å². The molecule has 0 N–H and O–H groups in total. The van der Waals surface area contributed by atoms with Crippen molar-refractivity contribution in [2.24, 2.45) is 5.41 Å². The van der Waals surface area contributed by atoms with Crippen molar-refractivity contribution in [1.29, 1.82) is 0 Å². The molecule has 2 nitrogen and oxygen atoms in total. The summed E-state index contributed by atoms with van der Waals surface area (Å²) in [6.07, 6.45) is 4.94. The van der Waals surface area contributed by atoms with Crippen molar-refractivity contribution in [3.8, 4) is 0 Å². The first-order chi connectivity index (χ1) is 6.21. The molecule has 0 saturated heterocycles. The molecular weight excluding hydrogens is 194 g/mol. The normalized spacial score (nSPS) is 24.1. The van der Waals surface area contributed by atoms with Crippen LogP contribution in [0.15, 0.2) is 11.6 Å². The maximum atomic E-state index is 11.7.